The van der Waals surface area contributed by atoms with Crippen molar-refractivity contribution in [3.05, 3.63) is 35.4 Å². The molecule has 2 rings (SSSR count). The van der Waals surface area contributed by atoms with E-state index in [0.717, 1.165) is 22.0 Å². The van der Waals surface area contributed by atoms with Crippen molar-refractivity contribution in [1.82, 2.24) is 4.98 Å². The van der Waals surface area contributed by atoms with E-state index < -0.39 is 5.97 Å². The average Bonchev–Trinajstić information content (AvgIpc) is 2.27. The second-order valence-corrected chi connectivity index (χ2v) is 4.57. The fraction of sp³-hybridized carbons (Fsp3) is 0.286. The first kappa shape index (κ1) is 12.4. The Morgan fingerprint density at radius 3 is 2.72 bits per heavy atom. The Balaban J connectivity index is 2.50. The molecule has 18 heavy (non-hydrogen) atoms. The fourth-order valence-electron chi connectivity index (χ4n) is 1.97. The minimum Gasteiger partial charge on any atom is -0.480 e. The molecule has 1 aromatic heterocycles. The van der Waals surface area contributed by atoms with Gasteiger partial charge in [0.05, 0.1) is 5.52 Å². The molecule has 0 spiro atoms. The van der Waals surface area contributed by atoms with Gasteiger partial charge in [-0.1, -0.05) is 12.1 Å². The predicted octanol–water partition coefficient (Wildman–Crippen LogP) is 2.37. The van der Waals surface area contributed by atoms with E-state index in [2.05, 4.69) is 11.1 Å². The molecule has 0 radical (unpaired) electrons. The molecule has 1 heterocycles. The van der Waals surface area contributed by atoms with Crippen molar-refractivity contribution in [2.75, 3.05) is 18.5 Å². The highest BCUT2D eigenvalue weighted by Crippen LogP contribution is 2.22. The quantitative estimate of drug-likeness (QED) is 0.900. The normalized spacial score (nSPS) is 10.6. The summed E-state index contributed by atoms with van der Waals surface area (Å²) in [4.78, 5) is 16.9. The van der Waals surface area contributed by atoms with Gasteiger partial charge in [-0.05, 0) is 37.1 Å². The molecular formula is C14H16N2O2. The van der Waals surface area contributed by atoms with Crippen LogP contribution in [-0.2, 0) is 4.79 Å². The molecule has 0 saturated carbocycles. The number of anilines is 1. The molecule has 0 unspecified atom stereocenters. The summed E-state index contributed by atoms with van der Waals surface area (Å²) in [5.74, 6) is -0.172. The number of nitrogens with zero attached hydrogens (tertiary/aromatic N) is 2. The second-order valence-electron chi connectivity index (χ2n) is 4.57. The number of fused-ring (bicyclic) bond motifs is 1. The Kier molecular flexibility index (Phi) is 3.19. The highest BCUT2D eigenvalue weighted by Gasteiger charge is 2.09. The van der Waals surface area contributed by atoms with Crippen molar-refractivity contribution in [1.29, 1.82) is 0 Å². The molecule has 2 aromatic rings. The summed E-state index contributed by atoms with van der Waals surface area (Å²) in [5, 5.41) is 9.91. The van der Waals surface area contributed by atoms with E-state index in [0.29, 0.717) is 5.82 Å². The SMILES string of the molecule is Cc1ccc2c(C)cc(N(C)CC(=O)O)nc2c1. The summed E-state index contributed by atoms with van der Waals surface area (Å²) < 4.78 is 0. The maximum Gasteiger partial charge on any atom is 0.323 e. The molecule has 0 saturated heterocycles. The van der Waals surface area contributed by atoms with Crippen LogP contribution in [0.25, 0.3) is 10.9 Å². The number of rotatable bonds is 3. The molecule has 0 amide bonds. The topological polar surface area (TPSA) is 53.4 Å². The molecule has 1 N–H and O–H groups in total. The smallest absolute Gasteiger partial charge is 0.323 e. The first-order valence-corrected chi connectivity index (χ1v) is 5.78. The Morgan fingerprint density at radius 1 is 1.33 bits per heavy atom. The fourth-order valence-corrected chi connectivity index (χ4v) is 1.97. The number of benzene rings is 1. The van der Waals surface area contributed by atoms with Crippen LogP contribution in [0.3, 0.4) is 0 Å². The van der Waals surface area contributed by atoms with Crippen molar-refractivity contribution < 1.29 is 9.90 Å². The Bertz CT molecular complexity index is 608. The minimum atomic E-state index is -0.860. The lowest BCUT2D eigenvalue weighted by Gasteiger charge is -2.17. The van der Waals surface area contributed by atoms with E-state index in [9.17, 15) is 4.79 Å². The van der Waals surface area contributed by atoms with Crippen LogP contribution in [0.15, 0.2) is 24.3 Å². The van der Waals surface area contributed by atoms with Gasteiger partial charge in [-0.2, -0.15) is 0 Å². The van der Waals surface area contributed by atoms with E-state index in [4.69, 9.17) is 5.11 Å². The molecular weight excluding hydrogens is 228 g/mol. The summed E-state index contributed by atoms with van der Waals surface area (Å²) >= 11 is 0. The second kappa shape index (κ2) is 4.64. The molecule has 0 aliphatic heterocycles. The van der Waals surface area contributed by atoms with E-state index in [1.807, 2.05) is 32.0 Å². The van der Waals surface area contributed by atoms with Gasteiger partial charge in [-0.3, -0.25) is 4.79 Å². The van der Waals surface area contributed by atoms with Crippen LogP contribution >= 0.6 is 0 Å². The zero-order chi connectivity index (χ0) is 13.3. The molecule has 0 atom stereocenters. The van der Waals surface area contributed by atoms with Crippen LogP contribution in [0.1, 0.15) is 11.1 Å². The maximum absolute atomic E-state index is 10.7. The Labute approximate surface area is 106 Å². The third-order valence-electron chi connectivity index (χ3n) is 2.92. The van der Waals surface area contributed by atoms with Crippen LogP contribution in [0.5, 0.6) is 0 Å². The molecule has 4 heteroatoms. The van der Waals surface area contributed by atoms with Gasteiger partial charge in [-0.25, -0.2) is 4.98 Å². The number of aliphatic carboxylic acids is 1. The maximum atomic E-state index is 10.7. The standard InChI is InChI=1S/C14H16N2O2/c1-9-4-5-11-10(2)7-13(15-12(11)6-9)16(3)8-14(17)18/h4-7H,8H2,1-3H3,(H,17,18). The van der Waals surface area contributed by atoms with E-state index in [1.54, 1.807) is 11.9 Å². The number of likely N-dealkylation sites (N-methyl/N-ethyl adjacent to an activating group) is 1. The van der Waals surface area contributed by atoms with Gasteiger partial charge in [0.1, 0.15) is 12.4 Å². The number of carboxylic acids is 1. The molecule has 1 aromatic carbocycles. The third-order valence-corrected chi connectivity index (χ3v) is 2.92. The minimum absolute atomic E-state index is 0.0518. The largest absolute Gasteiger partial charge is 0.480 e. The van der Waals surface area contributed by atoms with E-state index in [-0.39, 0.29) is 6.54 Å². The van der Waals surface area contributed by atoms with Gasteiger partial charge < -0.3 is 10.0 Å². The lowest BCUT2D eigenvalue weighted by atomic mass is 10.1. The van der Waals surface area contributed by atoms with Gasteiger partial charge >= 0.3 is 5.97 Å². The number of carbonyl (C=O) groups is 1. The number of aryl methyl sites for hydroxylation is 2. The lowest BCUT2D eigenvalue weighted by molar-refractivity contribution is -0.135. The van der Waals surface area contributed by atoms with Crippen LogP contribution < -0.4 is 4.90 Å². The summed E-state index contributed by atoms with van der Waals surface area (Å²) in [6.45, 7) is 3.98. The summed E-state index contributed by atoms with van der Waals surface area (Å²) in [6, 6.07) is 8.03. The molecule has 0 aliphatic rings. The highest BCUT2D eigenvalue weighted by atomic mass is 16.4. The van der Waals surface area contributed by atoms with Crippen LogP contribution in [0, 0.1) is 13.8 Å². The Morgan fingerprint density at radius 2 is 2.06 bits per heavy atom. The van der Waals surface area contributed by atoms with Gasteiger partial charge in [-0.15, -0.1) is 0 Å². The van der Waals surface area contributed by atoms with Gasteiger partial charge in [0.25, 0.3) is 0 Å². The van der Waals surface area contributed by atoms with Crippen molar-refractivity contribution in [2.45, 2.75) is 13.8 Å². The summed E-state index contributed by atoms with van der Waals surface area (Å²) in [5.41, 5.74) is 3.15. The molecule has 0 aliphatic carbocycles. The van der Waals surface area contributed by atoms with Crippen LogP contribution in [-0.4, -0.2) is 29.7 Å². The first-order chi connectivity index (χ1) is 8.47. The van der Waals surface area contributed by atoms with Crippen LogP contribution in [0.2, 0.25) is 0 Å². The number of hydrogen-bond donors (Lipinski definition) is 1. The third kappa shape index (κ3) is 2.42. The molecule has 0 bridgehead atoms. The van der Waals surface area contributed by atoms with E-state index >= 15 is 0 Å². The van der Waals surface area contributed by atoms with Crippen LogP contribution in [0.4, 0.5) is 5.82 Å². The van der Waals surface area contributed by atoms with Gasteiger partial charge in [0.15, 0.2) is 0 Å². The first-order valence-electron chi connectivity index (χ1n) is 5.78. The highest BCUT2D eigenvalue weighted by molar-refractivity contribution is 5.85. The zero-order valence-electron chi connectivity index (χ0n) is 10.8. The summed E-state index contributed by atoms with van der Waals surface area (Å²) in [7, 11) is 1.73. The lowest BCUT2D eigenvalue weighted by Crippen LogP contribution is -2.26. The molecule has 4 nitrogen and oxygen atoms in total. The number of pyridine rings is 1. The average molecular weight is 244 g/mol. The summed E-state index contributed by atoms with van der Waals surface area (Å²) in [6.07, 6.45) is 0. The van der Waals surface area contributed by atoms with Gasteiger partial charge in [0, 0.05) is 12.4 Å². The Hall–Kier alpha value is -2.10. The molecule has 0 fully saturated rings. The molecule has 94 valence electrons. The number of aromatic nitrogens is 1. The van der Waals surface area contributed by atoms with Crippen molar-refractivity contribution >= 4 is 22.7 Å². The van der Waals surface area contributed by atoms with E-state index in [1.165, 1.54) is 0 Å². The monoisotopic (exact) mass is 244 g/mol. The van der Waals surface area contributed by atoms with Crippen molar-refractivity contribution in [2.24, 2.45) is 0 Å². The predicted molar refractivity (Wildman–Crippen MR) is 72.1 cm³/mol. The van der Waals surface area contributed by atoms with Crippen molar-refractivity contribution in [3.63, 3.8) is 0 Å². The number of carboxylic acid groups (broad SMARTS) is 1. The van der Waals surface area contributed by atoms with Crippen molar-refractivity contribution in [3.8, 4) is 0 Å². The van der Waals surface area contributed by atoms with Gasteiger partial charge in [0.2, 0.25) is 0 Å². The number of hydrogen-bond acceptors (Lipinski definition) is 3. The zero-order valence-corrected chi connectivity index (χ0v) is 10.8.